The molecule has 2 atom stereocenters. The Bertz CT molecular complexity index is 3250. The average Bonchev–Trinajstić information content (AvgIpc) is 3.86. The third-order valence-corrected chi connectivity index (χ3v) is 12.7. The molecule has 5 heteroatoms. The average molecular weight is 809 g/mol. The number of benzene rings is 8. The van der Waals surface area contributed by atoms with Crippen molar-refractivity contribution < 1.29 is 4.74 Å². The topological polar surface area (TPSA) is 52.8 Å². The monoisotopic (exact) mass is 808 g/mol. The van der Waals surface area contributed by atoms with E-state index in [0.29, 0.717) is 17.5 Å². The lowest BCUT2D eigenvalue weighted by Gasteiger charge is -2.31. The summed E-state index contributed by atoms with van der Waals surface area (Å²) in [5.41, 5.74) is 14.6. The number of aromatic nitrogens is 4. The molecule has 2 aliphatic rings. The van der Waals surface area contributed by atoms with Crippen molar-refractivity contribution in [3.05, 3.63) is 229 Å². The first-order valence-electron chi connectivity index (χ1n) is 21.5. The maximum atomic E-state index is 7.30. The van der Waals surface area contributed by atoms with Crippen molar-refractivity contribution in [2.45, 2.75) is 18.4 Å². The lowest BCUT2D eigenvalue weighted by Crippen LogP contribution is -2.29. The van der Waals surface area contributed by atoms with Crippen molar-refractivity contribution in [2.24, 2.45) is 0 Å². The van der Waals surface area contributed by atoms with E-state index in [1.165, 1.54) is 16.5 Å². The molecule has 63 heavy (non-hydrogen) atoms. The molecule has 0 bridgehead atoms. The Hall–Kier alpha value is -8.15. The third-order valence-electron chi connectivity index (χ3n) is 12.7. The minimum absolute atomic E-state index is 0.249. The lowest BCUT2D eigenvalue weighted by atomic mass is 9.72. The largest absolute Gasteiger partial charge is 0.483 e. The second-order valence-corrected chi connectivity index (χ2v) is 16.5. The summed E-state index contributed by atoms with van der Waals surface area (Å²) in [5, 5.41) is 1.17. The van der Waals surface area contributed by atoms with Crippen LogP contribution in [-0.2, 0) is 5.41 Å². The summed E-state index contributed by atoms with van der Waals surface area (Å²) in [6.07, 6.45) is 4.46. The lowest BCUT2D eigenvalue weighted by molar-refractivity contribution is 0.184. The zero-order chi connectivity index (χ0) is 41.9. The van der Waals surface area contributed by atoms with Crippen molar-refractivity contribution in [3.8, 4) is 79.0 Å². The van der Waals surface area contributed by atoms with Gasteiger partial charge in [-0.2, -0.15) is 0 Å². The van der Waals surface area contributed by atoms with Crippen LogP contribution < -0.4 is 4.74 Å². The zero-order valence-electron chi connectivity index (χ0n) is 34.6. The number of para-hydroxylation sites is 2. The molecule has 0 saturated carbocycles. The van der Waals surface area contributed by atoms with Crippen molar-refractivity contribution in [1.29, 1.82) is 0 Å². The fraction of sp³-hybridized carbons (Fsp3) is 0.0517. The number of hydrogen-bond donors (Lipinski definition) is 0. The first kappa shape index (κ1) is 36.7. The molecule has 1 aliphatic carbocycles. The van der Waals surface area contributed by atoms with Crippen LogP contribution in [0.4, 0.5) is 0 Å². The highest BCUT2D eigenvalue weighted by molar-refractivity contribution is 5.98. The van der Waals surface area contributed by atoms with Gasteiger partial charge in [0.15, 0.2) is 17.5 Å². The van der Waals surface area contributed by atoms with Crippen molar-refractivity contribution in [1.82, 2.24) is 19.5 Å². The molecule has 0 saturated heterocycles. The first-order valence-corrected chi connectivity index (χ1v) is 21.5. The van der Waals surface area contributed by atoms with E-state index in [-0.39, 0.29) is 11.5 Å². The summed E-state index contributed by atoms with van der Waals surface area (Å²) in [5.74, 6) is 2.80. The molecule has 0 radical (unpaired) electrons. The molecule has 0 amide bonds. The van der Waals surface area contributed by atoms with Crippen LogP contribution >= 0.6 is 0 Å². The molecule has 2 aromatic heterocycles. The molecule has 5 nitrogen and oxygen atoms in total. The summed E-state index contributed by atoms with van der Waals surface area (Å²) in [7, 11) is 0. The summed E-state index contributed by atoms with van der Waals surface area (Å²) >= 11 is 0. The van der Waals surface area contributed by atoms with E-state index in [1.807, 2.05) is 36.4 Å². The van der Waals surface area contributed by atoms with Crippen LogP contribution in [0.1, 0.15) is 29.8 Å². The van der Waals surface area contributed by atoms with Crippen LogP contribution in [0.15, 0.2) is 212 Å². The van der Waals surface area contributed by atoms with Crippen molar-refractivity contribution in [2.75, 3.05) is 0 Å². The van der Waals surface area contributed by atoms with Gasteiger partial charge < -0.3 is 9.30 Å². The van der Waals surface area contributed by atoms with Gasteiger partial charge in [0.25, 0.3) is 0 Å². The standard InChI is InChI=1S/C58H40N4O/c1-58-35-34-50-51(54(58)63-53-44(31-19-32-48(53)58)38-20-7-2-8-21-38)45-30-17-18-33-49(45)62(50)52-46(39-22-9-3-10-23-39)36-43(37-47(52)40-24-11-4-12-25-40)57-60-55(41-26-13-5-14-27-41)59-56(61-57)42-28-15-6-16-29-42/h2-37,54H,1H3. The molecule has 3 heterocycles. The van der Waals surface area contributed by atoms with E-state index < -0.39 is 0 Å². The molecule has 0 fully saturated rings. The van der Waals surface area contributed by atoms with Gasteiger partial charge in [0.05, 0.1) is 22.3 Å². The molecule has 0 spiro atoms. The van der Waals surface area contributed by atoms with Gasteiger partial charge in [-0.05, 0) is 47.9 Å². The van der Waals surface area contributed by atoms with Gasteiger partial charge in [0.1, 0.15) is 11.9 Å². The molecule has 1 aliphatic heterocycles. The molecular weight excluding hydrogens is 769 g/mol. The number of fused-ring (bicyclic) bond motifs is 7. The Morgan fingerprint density at radius 3 is 1.46 bits per heavy atom. The highest BCUT2D eigenvalue weighted by Gasteiger charge is 2.49. The van der Waals surface area contributed by atoms with Gasteiger partial charge in [0, 0.05) is 49.9 Å². The number of ether oxygens (including phenoxy) is 1. The van der Waals surface area contributed by atoms with Crippen LogP contribution in [0.5, 0.6) is 5.75 Å². The predicted octanol–water partition coefficient (Wildman–Crippen LogP) is 14.2. The van der Waals surface area contributed by atoms with Crippen LogP contribution in [0.2, 0.25) is 0 Å². The SMILES string of the molecule is CC12C=Cc3c(c4ccccc4n3-c3c(-c4ccccc4)cc(-c4nc(-c5ccccc5)nc(-c5ccccc5)n4)cc3-c3ccccc3)C1Oc1c(-c3ccccc3)cccc12. The Labute approximate surface area is 366 Å². The van der Waals surface area contributed by atoms with Crippen molar-refractivity contribution in [3.63, 3.8) is 0 Å². The number of hydrogen-bond acceptors (Lipinski definition) is 4. The quantitative estimate of drug-likeness (QED) is 0.161. The number of nitrogens with zero attached hydrogens (tertiary/aromatic N) is 4. The van der Waals surface area contributed by atoms with Gasteiger partial charge in [0.2, 0.25) is 0 Å². The minimum atomic E-state index is -0.387. The molecule has 0 N–H and O–H groups in total. The van der Waals surface area contributed by atoms with Gasteiger partial charge in [-0.25, -0.2) is 15.0 Å². The summed E-state index contributed by atoms with van der Waals surface area (Å²) in [4.78, 5) is 15.5. The Balaban J connectivity index is 1.13. The van der Waals surface area contributed by atoms with Gasteiger partial charge in [-0.1, -0.05) is 194 Å². The van der Waals surface area contributed by atoms with E-state index in [9.17, 15) is 0 Å². The van der Waals surface area contributed by atoms with Gasteiger partial charge in [-0.15, -0.1) is 0 Å². The predicted molar refractivity (Wildman–Crippen MR) is 255 cm³/mol. The maximum absolute atomic E-state index is 7.30. The summed E-state index contributed by atoms with van der Waals surface area (Å²) in [6.45, 7) is 2.32. The molecule has 10 aromatic rings. The smallest absolute Gasteiger partial charge is 0.164 e. The van der Waals surface area contributed by atoms with E-state index in [2.05, 4.69) is 194 Å². The highest BCUT2D eigenvalue weighted by Crippen LogP contribution is 2.59. The highest BCUT2D eigenvalue weighted by atomic mass is 16.5. The number of rotatable bonds is 7. The van der Waals surface area contributed by atoms with Gasteiger partial charge in [-0.3, -0.25) is 0 Å². The molecule has 8 aromatic carbocycles. The minimum Gasteiger partial charge on any atom is -0.483 e. The molecule has 2 unspecified atom stereocenters. The normalized spacial score (nSPS) is 16.0. The summed E-state index contributed by atoms with van der Waals surface area (Å²) in [6, 6.07) is 72.2. The van der Waals surface area contributed by atoms with E-state index in [0.717, 1.165) is 72.7 Å². The van der Waals surface area contributed by atoms with Crippen LogP contribution in [0.3, 0.4) is 0 Å². The molecule has 12 rings (SSSR count). The fourth-order valence-corrected chi connectivity index (χ4v) is 9.69. The van der Waals surface area contributed by atoms with Crippen molar-refractivity contribution >= 4 is 17.0 Å². The molecular formula is C58H40N4O. The first-order chi connectivity index (χ1) is 31.1. The van der Waals surface area contributed by atoms with Crippen LogP contribution in [-0.4, -0.2) is 19.5 Å². The van der Waals surface area contributed by atoms with Gasteiger partial charge >= 0.3 is 0 Å². The van der Waals surface area contributed by atoms with Crippen LogP contribution in [0.25, 0.3) is 90.2 Å². The van der Waals surface area contributed by atoms with E-state index in [1.54, 1.807) is 0 Å². The maximum Gasteiger partial charge on any atom is 0.164 e. The van der Waals surface area contributed by atoms with E-state index >= 15 is 0 Å². The third kappa shape index (κ3) is 6.04. The Morgan fingerprint density at radius 2 is 0.921 bits per heavy atom. The second-order valence-electron chi connectivity index (χ2n) is 16.5. The summed E-state index contributed by atoms with van der Waals surface area (Å²) < 4.78 is 9.77. The fourth-order valence-electron chi connectivity index (χ4n) is 9.69. The van der Waals surface area contributed by atoms with Crippen LogP contribution in [0, 0.1) is 0 Å². The van der Waals surface area contributed by atoms with E-state index in [4.69, 9.17) is 19.7 Å². The second kappa shape index (κ2) is 14.8. The zero-order valence-corrected chi connectivity index (χ0v) is 34.6. The Morgan fingerprint density at radius 1 is 0.460 bits per heavy atom. The molecule has 298 valence electrons. The Kier molecular flexibility index (Phi) is 8.61.